The maximum absolute atomic E-state index is 12.2. The first kappa shape index (κ1) is 17.3. The number of carbonyl (C=O) groups is 1. The van der Waals surface area contributed by atoms with Crippen LogP contribution in [0.3, 0.4) is 0 Å². The third-order valence-corrected chi connectivity index (χ3v) is 4.53. The molecule has 4 nitrogen and oxygen atoms in total. The van der Waals surface area contributed by atoms with Crippen LogP contribution in [0.1, 0.15) is 62.7 Å². The Morgan fingerprint density at radius 1 is 1.26 bits per heavy atom. The number of ether oxygens (including phenoxy) is 2. The van der Waals surface area contributed by atoms with Crippen LogP contribution in [0.25, 0.3) is 0 Å². The number of rotatable bonds is 6. The van der Waals surface area contributed by atoms with E-state index >= 15 is 0 Å². The molecule has 1 aliphatic rings. The number of carbonyl (C=O) groups excluding carboxylic acids is 1. The van der Waals surface area contributed by atoms with Gasteiger partial charge in [0.2, 0.25) is 0 Å². The van der Waals surface area contributed by atoms with Crippen molar-refractivity contribution in [1.29, 1.82) is 5.26 Å². The Morgan fingerprint density at radius 2 is 1.91 bits per heavy atom. The van der Waals surface area contributed by atoms with E-state index in [1.807, 2.05) is 6.92 Å². The van der Waals surface area contributed by atoms with Crippen LogP contribution in [0.4, 0.5) is 0 Å². The fourth-order valence-corrected chi connectivity index (χ4v) is 3.23. The van der Waals surface area contributed by atoms with Gasteiger partial charge in [0.25, 0.3) is 0 Å². The van der Waals surface area contributed by atoms with Crippen molar-refractivity contribution >= 4 is 5.97 Å². The molecule has 0 amide bonds. The van der Waals surface area contributed by atoms with Gasteiger partial charge in [0, 0.05) is 0 Å². The molecule has 0 aromatic heterocycles. The topological polar surface area (TPSA) is 59.3 Å². The summed E-state index contributed by atoms with van der Waals surface area (Å²) in [6, 6.07) is 9.51. The molecule has 0 spiro atoms. The molecule has 0 saturated heterocycles. The van der Waals surface area contributed by atoms with Gasteiger partial charge in [0.1, 0.15) is 11.9 Å². The molecule has 0 aliphatic heterocycles. The predicted octanol–water partition coefficient (Wildman–Crippen LogP) is 4.49. The van der Waals surface area contributed by atoms with Crippen LogP contribution in [0, 0.1) is 16.7 Å². The standard InChI is InChI=1S/C19H25NO3/c1-3-11-19(14-20)12-9-17(10-13-19)23-18(21)15-5-7-16(8-6-15)22-4-2/h5-8,17H,3-4,9-13H2,1-2H3. The number of nitrogens with zero attached hydrogens (tertiary/aromatic N) is 1. The molecule has 0 radical (unpaired) electrons. The average Bonchev–Trinajstić information content (AvgIpc) is 2.58. The van der Waals surface area contributed by atoms with Gasteiger partial charge in [-0.1, -0.05) is 13.3 Å². The number of benzene rings is 1. The van der Waals surface area contributed by atoms with Crippen molar-refractivity contribution in [2.75, 3.05) is 6.61 Å². The van der Waals surface area contributed by atoms with Crippen LogP contribution in [0.2, 0.25) is 0 Å². The SMILES string of the molecule is CCCC1(C#N)CCC(OC(=O)c2ccc(OCC)cc2)CC1. The molecule has 1 aliphatic carbocycles. The second-order valence-corrected chi connectivity index (χ2v) is 6.20. The minimum atomic E-state index is -0.294. The molecule has 1 fully saturated rings. The van der Waals surface area contributed by atoms with Crippen LogP contribution < -0.4 is 4.74 Å². The lowest BCUT2D eigenvalue weighted by molar-refractivity contribution is 0.0106. The van der Waals surface area contributed by atoms with Gasteiger partial charge in [0.05, 0.1) is 23.7 Å². The molecule has 0 heterocycles. The summed E-state index contributed by atoms with van der Waals surface area (Å²) in [5, 5.41) is 9.42. The van der Waals surface area contributed by atoms with Gasteiger partial charge in [-0.2, -0.15) is 5.26 Å². The second kappa shape index (κ2) is 8.01. The van der Waals surface area contributed by atoms with Crippen molar-refractivity contribution in [3.05, 3.63) is 29.8 Å². The molecule has 0 N–H and O–H groups in total. The first-order valence-electron chi connectivity index (χ1n) is 8.47. The minimum absolute atomic E-state index is 0.0765. The fraction of sp³-hybridized carbons (Fsp3) is 0.579. The third-order valence-electron chi connectivity index (χ3n) is 4.53. The van der Waals surface area contributed by atoms with Crippen LogP contribution in [-0.4, -0.2) is 18.7 Å². The number of hydrogen-bond donors (Lipinski definition) is 0. The molecule has 1 aromatic carbocycles. The number of esters is 1. The summed E-state index contributed by atoms with van der Waals surface area (Å²) >= 11 is 0. The Balaban J connectivity index is 1.88. The van der Waals surface area contributed by atoms with Crippen molar-refractivity contribution in [3.8, 4) is 11.8 Å². The van der Waals surface area contributed by atoms with Gasteiger partial charge in [-0.05, 0) is 63.3 Å². The quantitative estimate of drug-likeness (QED) is 0.725. The maximum atomic E-state index is 12.2. The molecule has 0 atom stereocenters. The first-order valence-corrected chi connectivity index (χ1v) is 8.47. The molecule has 23 heavy (non-hydrogen) atoms. The highest BCUT2D eigenvalue weighted by Gasteiger charge is 2.36. The van der Waals surface area contributed by atoms with Gasteiger partial charge in [-0.25, -0.2) is 4.79 Å². The maximum Gasteiger partial charge on any atom is 0.338 e. The molecule has 4 heteroatoms. The van der Waals surface area contributed by atoms with Crippen molar-refractivity contribution in [2.24, 2.45) is 5.41 Å². The molecular formula is C19H25NO3. The summed E-state index contributed by atoms with van der Waals surface area (Å²) in [5.74, 6) is 0.457. The third kappa shape index (κ3) is 4.48. The highest BCUT2D eigenvalue weighted by Crippen LogP contribution is 2.40. The molecule has 1 saturated carbocycles. The van der Waals surface area contributed by atoms with Crippen molar-refractivity contribution in [2.45, 2.75) is 58.5 Å². The first-order chi connectivity index (χ1) is 11.1. The van der Waals surface area contributed by atoms with Crippen LogP contribution in [0.5, 0.6) is 5.75 Å². The monoisotopic (exact) mass is 315 g/mol. The zero-order valence-corrected chi connectivity index (χ0v) is 14.0. The smallest absolute Gasteiger partial charge is 0.338 e. The second-order valence-electron chi connectivity index (χ2n) is 6.20. The summed E-state index contributed by atoms with van der Waals surface area (Å²) in [6.07, 6.45) is 5.06. The molecule has 1 aromatic rings. The zero-order chi connectivity index (χ0) is 16.7. The molecule has 0 unspecified atom stereocenters. The molecule has 2 rings (SSSR count). The Bertz CT molecular complexity index is 551. The van der Waals surface area contributed by atoms with E-state index in [2.05, 4.69) is 13.0 Å². The van der Waals surface area contributed by atoms with Gasteiger partial charge < -0.3 is 9.47 Å². The van der Waals surface area contributed by atoms with Crippen LogP contribution in [-0.2, 0) is 4.74 Å². The molecular weight excluding hydrogens is 290 g/mol. The minimum Gasteiger partial charge on any atom is -0.494 e. The van der Waals surface area contributed by atoms with Gasteiger partial charge >= 0.3 is 5.97 Å². The Kier molecular flexibility index (Phi) is 6.04. The number of nitriles is 1. The Labute approximate surface area is 138 Å². The Morgan fingerprint density at radius 3 is 2.43 bits per heavy atom. The Hall–Kier alpha value is -2.02. The summed E-state index contributed by atoms with van der Waals surface area (Å²) in [4.78, 5) is 12.2. The lowest BCUT2D eigenvalue weighted by atomic mass is 9.71. The number of hydrogen-bond acceptors (Lipinski definition) is 4. The summed E-state index contributed by atoms with van der Waals surface area (Å²) in [5.41, 5.74) is 0.329. The van der Waals surface area contributed by atoms with Crippen molar-refractivity contribution in [1.82, 2.24) is 0 Å². The van der Waals surface area contributed by atoms with E-state index in [-0.39, 0.29) is 17.5 Å². The summed E-state index contributed by atoms with van der Waals surface area (Å²) < 4.78 is 11.0. The van der Waals surface area contributed by atoms with Gasteiger partial charge in [-0.3, -0.25) is 0 Å². The van der Waals surface area contributed by atoms with Gasteiger partial charge in [-0.15, -0.1) is 0 Å². The van der Waals surface area contributed by atoms with E-state index < -0.39 is 0 Å². The normalized spacial score (nSPS) is 23.8. The van der Waals surface area contributed by atoms with E-state index in [9.17, 15) is 10.1 Å². The van der Waals surface area contributed by atoms with Crippen molar-refractivity contribution < 1.29 is 14.3 Å². The van der Waals surface area contributed by atoms with Crippen LogP contribution >= 0.6 is 0 Å². The van der Waals surface area contributed by atoms with Crippen molar-refractivity contribution in [3.63, 3.8) is 0 Å². The predicted molar refractivity (Wildman–Crippen MR) is 88.2 cm³/mol. The fourth-order valence-electron chi connectivity index (χ4n) is 3.23. The molecule has 124 valence electrons. The molecule has 0 bridgehead atoms. The van der Waals surface area contributed by atoms with E-state index in [0.29, 0.717) is 12.2 Å². The van der Waals surface area contributed by atoms with E-state index in [0.717, 1.165) is 44.3 Å². The van der Waals surface area contributed by atoms with Crippen LogP contribution in [0.15, 0.2) is 24.3 Å². The lowest BCUT2D eigenvalue weighted by Gasteiger charge is -2.34. The van der Waals surface area contributed by atoms with E-state index in [1.54, 1.807) is 24.3 Å². The van der Waals surface area contributed by atoms with E-state index in [4.69, 9.17) is 9.47 Å². The largest absolute Gasteiger partial charge is 0.494 e. The van der Waals surface area contributed by atoms with E-state index in [1.165, 1.54) is 0 Å². The summed E-state index contributed by atoms with van der Waals surface area (Å²) in [6.45, 7) is 4.63. The lowest BCUT2D eigenvalue weighted by Crippen LogP contribution is -2.31. The summed E-state index contributed by atoms with van der Waals surface area (Å²) in [7, 11) is 0. The zero-order valence-electron chi connectivity index (χ0n) is 14.0. The van der Waals surface area contributed by atoms with Gasteiger partial charge in [0.15, 0.2) is 0 Å². The average molecular weight is 315 g/mol. The highest BCUT2D eigenvalue weighted by atomic mass is 16.5. The highest BCUT2D eigenvalue weighted by molar-refractivity contribution is 5.89.